The van der Waals surface area contributed by atoms with Gasteiger partial charge in [-0.15, -0.1) is 0 Å². The monoisotopic (exact) mass is 395 g/mol. The van der Waals surface area contributed by atoms with Crippen LogP contribution >= 0.6 is 11.6 Å². The van der Waals surface area contributed by atoms with Gasteiger partial charge in [0.2, 0.25) is 0 Å². The highest BCUT2D eigenvalue weighted by molar-refractivity contribution is 6.31. The first-order valence-electron chi connectivity index (χ1n) is 8.84. The molecule has 0 radical (unpaired) electrons. The molecule has 0 aliphatic rings. The Balaban J connectivity index is 1.71. The topological polar surface area (TPSA) is 54.5 Å². The first-order chi connectivity index (χ1) is 13.5. The van der Waals surface area contributed by atoms with Crippen LogP contribution in [0.2, 0.25) is 5.02 Å². The van der Waals surface area contributed by atoms with Gasteiger partial charge in [0.15, 0.2) is 0 Å². The van der Waals surface area contributed by atoms with E-state index in [4.69, 9.17) is 16.3 Å². The number of hydrogen-bond acceptors (Lipinski definition) is 4. The lowest BCUT2D eigenvalue weighted by molar-refractivity contribution is 0.102. The van der Waals surface area contributed by atoms with Crippen molar-refractivity contribution in [1.29, 1.82) is 0 Å². The fourth-order valence-electron chi connectivity index (χ4n) is 2.81. The molecule has 0 saturated carbocycles. The quantitative estimate of drug-likeness (QED) is 0.642. The van der Waals surface area contributed by atoms with Crippen LogP contribution in [0.3, 0.4) is 0 Å². The first kappa shape index (κ1) is 19.7. The number of aromatic nitrogens is 1. The lowest BCUT2D eigenvalue weighted by atomic mass is 10.2. The van der Waals surface area contributed by atoms with Crippen LogP contribution in [0.15, 0.2) is 60.8 Å². The minimum Gasteiger partial charge on any atom is -0.495 e. The number of rotatable bonds is 6. The predicted molar refractivity (Wildman–Crippen MR) is 113 cm³/mol. The first-order valence-corrected chi connectivity index (χ1v) is 9.22. The van der Waals surface area contributed by atoms with E-state index in [1.807, 2.05) is 38.2 Å². The van der Waals surface area contributed by atoms with Gasteiger partial charge in [0.1, 0.15) is 11.4 Å². The van der Waals surface area contributed by atoms with E-state index in [1.165, 1.54) is 12.7 Å². The normalized spacial score (nSPS) is 10.4. The fourth-order valence-corrected chi connectivity index (χ4v) is 2.96. The van der Waals surface area contributed by atoms with E-state index in [-0.39, 0.29) is 5.91 Å². The van der Waals surface area contributed by atoms with Crippen molar-refractivity contribution in [2.75, 3.05) is 24.4 Å². The molecule has 28 heavy (non-hydrogen) atoms. The van der Waals surface area contributed by atoms with E-state index in [0.29, 0.717) is 22.2 Å². The summed E-state index contributed by atoms with van der Waals surface area (Å²) < 4.78 is 5.30. The second-order valence-corrected chi connectivity index (χ2v) is 6.91. The molecule has 0 bridgehead atoms. The zero-order valence-corrected chi connectivity index (χ0v) is 16.8. The Hall–Kier alpha value is -3.05. The van der Waals surface area contributed by atoms with Crippen molar-refractivity contribution in [3.05, 3.63) is 82.6 Å². The standard InChI is InChI=1S/C22H22ClN3O2/c1-15-11-20(21(28-3)12-18(15)23)25-22(27)19-10-9-17(13-24-19)26(2)14-16-7-5-4-6-8-16/h4-13H,14H2,1-3H3,(H,25,27). The van der Waals surface area contributed by atoms with Gasteiger partial charge in [-0.1, -0.05) is 41.9 Å². The number of nitrogens with one attached hydrogen (secondary N) is 1. The number of amides is 1. The molecule has 6 heteroatoms. The Kier molecular flexibility index (Phi) is 6.16. The van der Waals surface area contributed by atoms with Crippen LogP contribution in [0.5, 0.6) is 5.75 Å². The average molecular weight is 396 g/mol. The highest BCUT2D eigenvalue weighted by Crippen LogP contribution is 2.31. The van der Waals surface area contributed by atoms with Gasteiger partial charge in [-0.05, 0) is 36.2 Å². The van der Waals surface area contributed by atoms with Crippen LogP contribution in [-0.4, -0.2) is 25.0 Å². The summed E-state index contributed by atoms with van der Waals surface area (Å²) in [7, 11) is 3.53. The highest BCUT2D eigenvalue weighted by Gasteiger charge is 2.13. The lowest BCUT2D eigenvalue weighted by Gasteiger charge is -2.19. The second-order valence-electron chi connectivity index (χ2n) is 6.50. The third-order valence-electron chi connectivity index (χ3n) is 4.41. The Morgan fingerprint density at radius 1 is 1.18 bits per heavy atom. The molecule has 0 saturated heterocycles. The van der Waals surface area contributed by atoms with E-state index >= 15 is 0 Å². The molecule has 0 unspecified atom stereocenters. The zero-order chi connectivity index (χ0) is 20.1. The number of ether oxygens (including phenoxy) is 1. The summed E-state index contributed by atoms with van der Waals surface area (Å²) in [5.74, 6) is 0.195. The minimum atomic E-state index is -0.308. The van der Waals surface area contributed by atoms with Gasteiger partial charge in [0.25, 0.3) is 5.91 Å². The maximum Gasteiger partial charge on any atom is 0.274 e. The van der Waals surface area contributed by atoms with Crippen LogP contribution in [0.1, 0.15) is 21.6 Å². The summed E-state index contributed by atoms with van der Waals surface area (Å²) in [5.41, 5.74) is 3.87. The Labute approximate surface area is 169 Å². The van der Waals surface area contributed by atoms with Gasteiger partial charge in [0.05, 0.1) is 24.7 Å². The summed E-state index contributed by atoms with van der Waals surface area (Å²) in [4.78, 5) is 19.0. The largest absolute Gasteiger partial charge is 0.495 e. The van der Waals surface area contributed by atoms with Crippen molar-refractivity contribution in [3.63, 3.8) is 0 Å². The zero-order valence-electron chi connectivity index (χ0n) is 16.1. The van der Waals surface area contributed by atoms with Crippen molar-refractivity contribution in [2.24, 2.45) is 0 Å². The lowest BCUT2D eigenvalue weighted by Crippen LogP contribution is -2.18. The number of nitrogens with zero attached hydrogens (tertiary/aromatic N) is 2. The SMILES string of the molecule is COc1cc(Cl)c(C)cc1NC(=O)c1ccc(N(C)Cc2ccccc2)cn1. The smallest absolute Gasteiger partial charge is 0.274 e. The molecule has 1 heterocycles. The van der Waals surface area contributed by atoms with Crippen molar-refractivity contribution >= 4 is 28.9 Å². The second kappa shape index (κ2) is 8.76. The number of anilines is 2. The van der Waals surface area contributed by atoms with Crippen molar-refractivity contribution < 1.29 is 9.53 Å². The van der Waals surface area contributed by atoms with Crippen molar-refractivity contribution in [1.82, 2.24) is 4.98 Å². The predicted octanol–water partition coefficient (Wildman–Crippen LogP) is 4.94. The van der Waals surface area contributed by atoms with Gasteiger partial charge in [-0.2, -0.15) is 0 Å². The summed E-state index contributed by atoms with van der Waals surface area (Å²) in [6.07, 6.45) is 1.70. The molecule has 3 rings (SSSR count). The van der Waals surface area contributed by atoms with Gasteiger partial charge < -0.3 is 15.0 Å². The molecule has 144 valence electrons. The minimum absolute atomic E-state index is 0.308. The van der Waals surface area contributed by atoms with Crippen LogP contribution in [0, 0.1) is 6.92 Å². The van der Waals surface area contributed by atoms with Crippen molar-refractivity contribution in [3.8, 4) is 5.75 Å². The molecule has 5 nitrogen and oxygen atoms in total. The maximum atomic E-state index is 12.6. The molecular weight excluding hydrogens is 374 g/mol. The Bertz CT molecular complexity index is 960. The van der Waals surface area contributed by atoms with Crippen LogP contribution in [0.4, 0.5) is 11.4 Å². The molecule has 0 atom stereocenters. The number of pyridine rings is 1. The number of carbonyl (C=O) groups excluding carboxylic acids is 1. The van der Waals surface area contributed by atoms with Crippen LogP contribution < -0.4 is 15.0 Å². The van der Waals surface area contributed by atoms with Gasteiger partial charge in [0, 0.05) is 24.7 Å². The van der Waals surface area contributed by atoms with E-state index in [1.54, 1.807) is 24.4 Å². The fraction of sp³-hybridized carbons (Fsp3) is 0.182. The molecule has 0 fully saturated rings. The van der Waals surface area contributed by atoms with E-state index in [2.05, 4.69) is 27.3 Å². The third kappa shape index (κ3) is 4.61. The summed E-state index contributed by atoms with van der Waals surface area (Å²) in [5, 5.41) is 3.42. The van der Waals surface area contributed by atoms with Gasteiger partial charge in [-0.3, -0.25) is 4.79 Å². The number of carbonyl (C=O) groups is 1. The van der Waals surface area contributed by atoms with Crippen LogP contribution in [-0.2, 0) is 6.54 Å². The molecule has 3 aromatic rings. The molecular formula is C22H22ClN3O2. The number of hydrogen-bond donors (Lipinski definition) is 1. The molecule has 1 N–H and O–H groups in total. The number of aryl methyl sites for hydroxylation is 1. The Morgan fingerprint density at radius 2 is 1.93 bits per heavy atom. The molecule has 1 amide bonds. The van der Waals surface area contributed by atoms with Gasteiger partial charge >= 0.3 is 0 Å². The van der Waals surface area contributed by atoms with Gasteiger partial charge in [-0.25, -0.2) is 4.98 Å². The summed E-state index contributed by atoms with van der Waals surface area (Å²) >= 11 is 6.11. The molecule has 0 spiro atoms. The highest BCUT2D eigenvalue weighted by atomic mass is 35.5. The molecule has 2 aromatic carbocycles. The summed E-state index contributed by atoms with van der Waals surface area (Å²) in [6.45, 7) is 2.63. The Morgan fingerprint density at radius 3 is 2.57 bits per heavy atom. The van der Waals surface area contributed by atoms with Crippen molar-refractivity contribution in [2.45, 2.75) is 13.5 Å². The number of halogens is 1. The van der Waals surface area contributed by atoms with Crippen LogP contribution in [0.25, 0.3) is 0 Å². The van der Waals surface area contributed by atoms with E-state index in [9.17, 15) is 4.79 Å². The average Bonchev–Trinajstić information content (AvgIpc) is 2.71. The molecule has 0 aliphatic heterocycles. The summed E-state index contributed by atoms with van der Waals surface area (Å²) in [6, 6.07) is 17.2. The van der Waals surface area contributed by atoms with E-state index in [0.717, 1.165) is 17.8 Å². The molecule has 0 aliphatic carbocycles. The number of methoxy groups -OCH3 is 1. The maximum absolute atomic E-state index is 12.6. The number of benzene rings is 2. The third-order valence-corrected chi connectivity index (χ3v) is 4.82. The molecule has 1 aromatic heterocycles. The van der Waals surface area contributed by atoms with E-state index < -0.39 is 0 Å².